The average Bonchev–Trinajstić information content (AvgIpc) is 2.20. The minimum absolute atomic E-state index is 0.309. The van der Waals surface area contributed by atoms with Crippen LogP contribution < -0.4 is 10.1 Å². The van der Waals surface area contributed by atoms with Gasteiger partial charge in [-0.1, -0.05) is 11.6 Å². The summed E-state index contributed by atoms with van der Waals surface area (Å²) in [6.07, 6.45) is 0. The number of benzene rings is 1. The largest absolute Gasteiger partial charge is 0.495 e. The van der Waals surface area contributed by atoms with Crippen molar-refractivity contribution in [3.63, 3.8) is 0 Å². The van der Waals surface area contributed by atoms with E-state index >= 15 is 0 Å². The molecule has 0 unspecified atom stereocenters. The maximum atomic E-state index is 10.8. The Labute approximate surface area is 90.6 Å². The first-order chi connectivity index (χ1) is 7.04. The van der Waals surface area contributed by atoms with E-state index in [1.165, 1.54) is 25.3 Å². The predicted octanol–water partition coefficient (Wildman–Crippen LogP) is 1.37. The molecule has 5 nitrogen and oxygen atoms in total. The number of hydrogen-bond donors (Lipinski definition) is 2. The molecule has 0 atom stereocenters. The standard InChI is InChI=1S/C9H8ClNO4/c1-15-7-4-5(2-3-6(7)10)11-8(12)9(13)14/h2-4H,1H3,(H,11,12)(H,13,14). The van der Waals surface area contributed by atoms with Gasteiger partial charge in [-0.15, -0.1) is 0 Å². The van der Waals surface area contributed by atoms with Crippen molar-refractivity contribution in [2.45, 2.75) is 0 Å². The minimum Gasteiger partial charge on any atom is -0.495 e. The van der Waals surface area contributed by atoms with Gasteiger partial charge >= 0.3 is 11.9 Å². The van der Waals surface area contributed by atoms with Crippen LogP contribution in [0.5, 0.6) is 5.75 Å². The number of carboxylic acid groups (broad SMARTS) is 1. The molecule has 1 aromatic rings. The minimum atomic E-state index is -1.55. The van der Waals surface area contributed by atoms with Crippen LogP contribution in [-0.2, 0) is 9.59 Å². The first-order valence-corrected chi connectivity index (χ1v) is 4.30. The van der Waals surface area contributed by atoms with Crippen LogP contribution in [-0.4, -0.2) is 24.1 Å². The van der Waals surface area contributed by atoms with Crippen LogP contribution in [0.2, 0.25) is 5.02 Å². The molecule has 0 saturated heterocycles. The Morgan fingerprint density at radius 3 is 2.67 bits per heavy atom. The van der Waals surface area contributed by atoms with Crippen molar-refractivity contribution in [3.8, 4) is 5.75 Å². The molecule has 6 heteroatoms. The molecule has 0 radical (unpaired) electrons. The number of nitrogens with one attached hydrogen (secondary N) is 1. The molecule has 0 fully saturated rings. The number of aliphatic carboxylic acids is 1. The normalized spacial score (nSPS) is 9.47. The number of rotatable bonds is 2. The second-order valence-corrected chi connectivity index (χ2v) is 3.02. The Balaban J connectivity index is 2.87. The zero-order valence-corrected chi connectivity index (χ0v) is 8.54. The second kappa shape index (κ2) is 4.65. The Morgan fingerprint density at radius 2 is 2.13 bits per heavy atom. The summed E-state index contributed by atoms with van der Waals surface area (Å²) in [5, 5.41) is 10.9. The third-order valence-electron chi connectivity index (χ3n) is 1.60. The van der Waals surface area contributed by atoms with E-state index < -0.39 is 11.9 Å². The van der Waals surface area contributed by atoms with E-state index in [-0.39, 0.29) is 0 Å². The Kier molecular flexibility index (Phi) is 3.51. The molecule has 0 aliphatic carbocycles. The van der Waals surface area contributed by atoms with Gasteiger partial charge in [0.15, 0.2) is 0 Å². The maximum Gasteiger partial charge on any atom is 0.394 e. The second-order valence-electron chi connectivity index (χ2n) is 2.61. The number of methoxy groups -OCH3 is 1. The van der Waals surface area contributed by atoms with E-state index in [0.29, 0.717) is 16.5 Å². The maximum absolute atomic E-state index is 10.8. The van der Waals surface area contributed by atoms with Crippen molar-refractivity contribution in [2.24, 2.45) is 0 Å². The highest BCUT2D eigenvalue weighted by atomic mass is 35.5. The first-order valence-electron chi connectivity index (χ1n) is 3.92. The molecule has 15 heavy (non-hydrogen) atoms. The number of carboxylic acids is 1. The van der Waals surface area contributed by atoms with E-state index in [2.05, 4.69) is 5.32 Å². The number of carbonyl (C=O) groups is 2. The molecule has 1 aromatic carbocycles. The fourth-order valence-electron chi connectivity index (χ4n) is 0.922. The van der Waals surface area contributed by atoms with Crippen LogP contribution in [0.25, 0.3) is 0 Å². The highest BCUT2D eigenvalue weighted by molar-refractivity contribution is 6.36. The van der Waals surface area contributed by atoms with Crippen molar-refractivity contribution in [3.05, 3.63) is 23.2 Å². The van der Waals surface area contributed by atoms with Crippen LogP contribution in [0.1, 0.15) is 0 Å². The quantitative estimate of drug-likeness (QED) is 0.751. The summed E-state index contributed by atoms with van der Waals surface area (Å²) >= 11 is 5.74. The van der Waals surface area contributed by atoms with Gasteiger partial charge in [0.1, 0.15) is 5.75 Å². The molecule has 0 aliphatic rings. The van der Waals surface area contributed by atoms with Gasteiger partial charge in [0.25, 0.3) is 0 Å². The van der Waals surface area contributed by atoms with Gasteiger partial charge in [0.2, 0.25) is 0 Å². The van der Waals surface area contributed by atoms with E-state index in [1.807, 2.05) is 0 Å². The number of hydrogen-bond acceptors (Lipinski definition) is 3. The molecular formula is C9H8ClNO4. The van der Waals surface area contributed by atoms with E-state index in [0.717, 1.165) is 0 Å². The first kappa shape index (κ1) is 11.3. The molecule has 0 spiro atoms. The fraction of sp³-hybridized carbons (Fsp3) is 0.111. The molecule has 1 rings (SSSR count). The Hall–Kier alpha value is -1.75. The summed E-state index contributed by atoms with van der Waals surface area (Å²) in [5.41, 5.74) is 0.309. The fourth-order valence-corrected chi connectivity index (χ4v) is 1.12. The highest BCUT2D eigenvalue weighted by Crippen LogP contribution is 2.27. The van der Waals surface area contributed by atoms with Gasteiger partial charge in [0, 0.05) is 11.8 Å². The van der Waals surface area contributed by atoms with Crippen LogP contribution in [0.15, 0.2) is 18.2 Å². The summed E-state index contributed by atoms with van der Waals surface area (Å²) in [5.74, 6) is -2.30. The molecule has 80 valence electrons. The summed E-state index contributed by atoms with van der Waals surface area (Å²) in [4.78, 5) is 21.1. The number of halogens is 1. The molecule has 0 bridgehead atoms. The lowest BCUT2D eigenvalue weighted by Crippen LogP contribution is -2.21. The lowest BCUT2D eigenvalue weighted by Gasteiger charge is -2.06. The Bertz CT molecular complexity index is 405. The van der Waals surface area contributed by atoms with Gasteiger partial charge in [-0.2, -0.15) is 0 Å². The number of amides is 1. The molecule has 0 aromatic heterocycles. The van der Waals surface area contributed by atoms with Crippen LogP contribution in [0.4, 0.5) is 5.69 Å². The van der Waals surface area contributed by atoms with Crippen molar-refractivity contribution in [2.75, 3.05) is 12.4 Å². The molecule has 0 saturated carbocycles. The summed E-state index contributed by atoms with van der Waals surface area (Å²) < 4.78 is 4.90. The summed E-state index contributed by atoms with van der Waals surface area (Å²) in [7, 11) is 1.42. The van der Waals surface area contributed by atoms with Gasteiger partial charge in [-0.25, -0.2) is 4.79 Å². The van der Waals surface area contributed by atoms with Crippen molar-refractivity contribution < 1.29 is 19.4 Å². The lowest BCUT2D eigenvalue weighted by atomic mass is 10.3. The smallest absolute Gasteiger partial charge is 0.394 e. The van der Waals surface area contributed by atoms with Crippen LogP contribution >= 0.6 is 11.6 Å². The topological polar surface area (TPSA) is 75.6 Å². The lowest BCUT2D eigenvalue weighted by molar-refractivity contribution is -0.147. The molecule has 1 amide bonds. The van der Waals surface area contributed by atoms with Crippen LogP contribution in [0.3, 0.4) is 0 Å². The molecular weight excluding hydrogens is 222 g/mol. The van der Waals surface area contributed by atoms with E-state index in [9.17, 15) is 9.59 Å². The molecule has 0 aliphatic heterocycles. The van der Waals surface area contributed by atoms with Gasteiger partial charge in [-0.3, -0.25) is 4.79 Å². The zero-order chi connectivity index (χ0) is 11.4. The zero-order valence-electron chi connectivity index (χ0n) is 7.78. The SMILES string of the molecule is COc1cc(NC(=O)C(=O)O)ccc1Cl. The van der Waals surface area contributed by atoms with E-state index in [1.54, 1.807) is 0 Å². The van der Waals surface area contributed by atoms with Gasteiger partial charge in [0.05, 0.1) is 12.1 Å². The summed E-state index contributed by atoms with van der Waals surface area (Å²) in [6, 6.07) is 4.41. The predicted molar refractivity (Wildman–Crippen MR) is 54.3 cm³/mol. The highest BCUT2D eigenvalue weighted by Gasteiger charge is 2.11. The van der Waals surface area contributed by atoms with Crippen molar-refractivity contribution >= 4 is 29.2 Å². The Morgan fingerprint density at radius 1 is 1.47 bits per heavy atom. The van der Waals surface area contributed by atoms with Gasteiger partial charge in [-0.05, 0) is 12.1 Å². The van der Waals surface area contributed by atoms with Crippen molar-refractivity contribution in [1.82, 2.24) is 0 Å². The third kappa shape index (κ3) is 2.85. The summed E-state index contributed by atoms with van der Waals surface area (Å²) in [6.45, 7) is 0. The monoisotopic (exact) mass is 229 g/mol. The number of carbonyl (C=O) groups excluding carboxylic acids is 1. The van der Waals surface area contributed by atoms with E-state index in [4.69, 9.17) is 21.4 Å². The van der Waals surface area contributed by atoms with Gasteiger partial charge < -0.3 is 15.2 Å². The molecule has 0 heterocycles. The van der Waals surface area contributed by atoms with Crippen molar-refractivity contribution in [1.29, 1.82) is 0 Å². The average molecular weight is 230 g/mol. The molecule has 2 N–H and O–H groups in total. The van der Waals surface area contributed by atoms with Crippen LogP contribution in [0, 0.1) is 0 Å². The third-order valence-corrected chi connectivity index (χ3v) is 1.92. The number of anilines is 1. The number of ether oxygens (including phenoxy) is 1.